The first kappa shape index (κ1) is 54.2. The summed E-state index contributed by atoms with van der Waals surface area (Å²) in [6, 6.07) is 0. The lowest BCUT2D eigenvalue weighted by molar-refractivity contribution is -0.161. The lowest BCUT2D eigenvalue weighted by Crippen LogP contribution is -2.29. The number of ketones is 1. The maximum Gasteiger partial charge on any atom is 0.472 e. The Morgan fingerprint density at radius 3 is 1.54 bits per heavy atom. The van der Waals surface area contributed by atoms with Gasteiger partial charge in [-0.25, -0.2) is 4.57 Å². The summed E-state index contributed by atoms with van der Waals surface area (Å²) in [4.78, 5) is 46.6. The van der Waals surface area contributed by atoms with Gasteiger partial charge in [0.25, 0.3) is 0 Å². The molecule has 0 heterocycles. The molecule has 0 aliphatic rings. The highest BCUT2D eigenvalue weighted by Gasteiger charge is 2.26. The van der Waals surface area contributed by atoms with Crippen LogP contribution < -0.4 is 5.73 Å². The average molecular weight is 814 g/mol. The van der Waals surface area contributed by atoms with Crippen LogP contribution in [0.1, 0.15) is 213 Å². The van der Waals surface area contributed by atoms with Crippen LogP contribution in [-0.2, 0) is 37.5 Å². The van der Waals surface area contributed by atoms with Crippen molar-refractivity contribution in [2.45, 2.75) is 219 Å². The van der Waals surface area contributed by atoms with E-state index < -0.39 is 32.5 Å². The molecule has 0 bridgehead atoms. The first-order chi connectivity index (χ1) is 27.2. The lowest BCUT2D eigenvalue weighted by Gasteiger charge is -2.19. The maximum atomic E-state index is 12.6. The van der Waals surface area contributed by atoms with Gasteiger partial charge in [0.2, 0.25) is 0 Å². The summed E-state index contributed by atoms with van der Waals surface area (Å²) in [6.45, 7) is 3.55. The Kier molecular flexibility index (Phi) is 40.0. The van der Waals surface area contributed by atoms with Crippen LogP contribution in [-0.4, -0.2) is 55.1 Å². The number of rotatable bonds is 43. The minimum atomic E-state index is -4.39. The summed E-state index contributed by atoms with van der Waals surface area (Å²) in [5.74, 6) is -0.703. The number of hydrogen-bond donors (Lipinski definition) is 2. The van der Waals surface area contributed by atoms with Crippen molar-refractivity contribution in [3.05, 3.63) is 24.3 Å². The van der Waals surface area contributed by atoms with Gasteiger partial charge in [-0.05, 0) is 38.2 Å². The van der Waals surface area contributed by atoms with E-state index in [2.05, 4.69) is 19.9 Å². The summed E-state index contributed by atoms with van der Waals surface area (Å²) in [6.07, 6.45) is 40.4. The third kappa shape index (κ3) is 40.4. The Bertz CT molecular complexity index is 1040. The molecule has 0 radical (unpaired) electrons. The number of carbonyl (C=O) groups is 3. The van der Waals surface area contributed by atoms with Crippen molar-refractivity contribution in [3.8, 4) is 0 Å². The van der Waals surface area contributed by atoms with Gasteiger partial charge in [0.15, 0.2) is 11.9 Å². The second kappa shape index (κ2) is 41.3. The van der Waals surface area contributed by atoms with E-state index in [1.54, 1.807) is 6.08 Å². The summed E-state index contributed by atoms with van der Waals surface area (Å²) in [5, 5.41) is 0. The minimum absolute atomic E-state index is 0.0422. The highest BCUT2D eigenvalue weighted by atomic mass is 31.2. The second-order valence-electron chi connectivity index (χ2n) is 15.3. The van der Waals surface area contributed by atoms with Gasteiger partial charge in [-0.1, -0.05) is 180 Å². The molecule has 0 aromatic rings. The van der Waals surface area contributed by atoms with Crippen molar-refractivity contribution in [2.75, 3.05) is 26.4 Å². The van der Waals surface area contributed by atoms with Crippen molar-refractivity contribution in [3.63, 3.8) is 0 Å². The molecular formula is C45H84NO9P. The Hall–Kier alpha value is -1.84. The van der Waals surface area contributed by atoms with Crippen LogP contribution in [0, 0.1) is 0 Å². The molecule has 0 saturated carbocycles. The van der Waals surface area contributed by atoms with Gasteiger partial charge in [0, 0.05) is 25.8 Å². The van der Waals surface area contributed by atoms with Gasteiger partial charge >= 0.3 is 19.8 Å². The molecule has 0 rings (SSSR count). The number of carbonyl (C=O) groups excluding carboxylic acids is 3. The van der Waals surface area contributed by atoms with Crippen molar-refractivity contribution in [1.82, 2.24) is 0 Å². The first-order valence-corrected chi connectivity index (χ1v) is 24.3. The predicted molar refractivity (Wildman–Crippen MR) is 229 cm³/mol. The standard InChI is InChI=1S/C45H84NO9P/c1-3-5-7-8-9-10-11-12-13-14-15-16-17-18-19-22-26-29-33-37-45(49)55-43(41-54-56(50,51)53-39-38-46)40-52-44(48)36-32-28-25-23-20-21-24-27-31-35-42(47)34-30-6-4-2/h24,27,31,35,43H,3-23,25-26,28-30,32-34,36-41,46H2,1-2H3,(H,50,51)/b27-24-,35-31+/t43-/m1/s1. The molecular weight excluding hydrogens is 729 g/mol. The van der Waals surface area contributed by atoms with Gasteiger partial charge in [0.05, 0.1) is 13.2 Å². The zero-order chi connectivity index (χ0) is 41.2. The van der Waals surface area contributed by atoms with Gasteiger partial charge in [0.1, 0.15) is 6.61 Å². The molecule has 56 heavy (non-hydrogen) atoms. The molecule has 0 aromatic heterocycles. The van der Waals surface area contributed by atoms with Gasteiger partial charge < -0.3 is 20.1 Å². The quantitative estimate of drug-likeness (QED) is 0.0200. The normalized spacial score (nSPS) is 13.4. The molecule has 0 fully saturated rings. The number of allylic oxidation sites excluding steroid dienone is 4. The van der Waals surface area contributed by atoms with E-state index in [9.17, 15) is 23.8 Å². The number of unbranched alkanes of at least 4 members (excludes halogenated alkanes) is 25. The highest BCUT2D eigenvalue weighted by molar-refractivity contribution is 7.47. The van der Waals surface area contributed by atoms with Crippen molar-refractivity contribution >= 4 is 25.5 Å². The molecule has 3 N–H and O–H groups in total. The Morgan fingerprint density at radius 2 is 1.02 bits per heavy atom. The molecule has 0 spiro atoms. The van der Waals surface area contributed by atoms with Crippen molar-refractivity contribution in [1.29, 1.82) is 0 Å². The fraction of sp³-hybridized carbons (Fsp3) is 0.844. The Morgan fingerprint density at radius 1 is 0.571 bits per heavy atom. The number of ether oxygens (including phenoxy) is 2. The molecule has 0 saturated heterocycles. The highest BCUT2D eigenvalue weighted by Crippen LogP contribution is 2.43. The Balaban J connectivity index is 4.14. The average Bonchev–Trinajstić information content (AvgIpc) is 3.18. The summed E-state index contributed by atoms with van der Waals surface area (Å²) in [5.41, 5.74) is 5.35. The summed E-state index contributed by atoms with van der Waals surface area (Å²) < 4.78 is 32.8. The van der Waals surface area contributed by atoms with Gasteiger partial charge in [-0.15, -0.1) is 0 Å². The van der Waals surface area contributed by atoms with Crippen LogP contribution in [0.3, 0.4) is 0 Å². The third-order valence-electron chi connectivity index (χ3n) is 9.82. The number of hydrogen-bond acceptors (Lipinski definition) is 9. The van der Waals surface area contributed by atoms with Crippen molar-refractivity contribution < 1.29 is 42.4 Å². The summed E-state index contributed by atoms with van der Waals surface area (Å²) in [7, 11) is -4.39. The molecule has 328 valence electrons. The molecule has 0 amide bonds. The summed E-state index contributed by atoms with van der Waals surface area (Å²) >= 11 is 0. The molecule has 1 unspecified atom stereocenters. The van der Waals surface area contributed by atoms with Gasteiger partial charge in [-0.2, -0.15) is 0 Å². The Labute approximate surface area is 342 Å². The van der Waals surface area contributed by atoms with Crippen molar-refractivity contribution in [2.24, 2.45) is 5.73 Å². The minimum Gasteiger partial charge on any atom is -0.462 e. The van der Waals surface area contributed by atoms with Crippen LogP contribution >= 0.6 is 7.82 Å². The van der Waals surface area contributed by atoms with E-state index in [0.29, 0.717) is 19.3 Å². The van der Waals surface area contributed by atoms with Crippen LogP contribution in [0.2, 0.25) is 0 Å². The number of esters is 2. The zero-order valence-corrected chi connectivity index (χ0v) is 36.8. The van der Waals surface area contributed by atoms with Crippen LogP contribution in [0.5, 0.6) is 0 Å². The molecule has 2 atom stereocenters. The molecule has 11 heteroatoms. The number of phosphoric ester groups is 1. The van der Waals surface area contributed by atoms with E-state index in [4.69, 9.17) is 24.3 Å². The zero-order valence-electron chi connectivity index (χ0n) is 35.9. The number of nitrogens with two attached hydrogens (primary N) is 1. The van der Waals surface area contributed by atoms with Gasteiger partial charge in [-0.3, -0.25) is 23.4 Å². The second-order valence-corrected chi connectivity index (χ2v) is 16.8. The van der Waals surface area contributed by atoms with E-state index in [0.717, 1.165) is 70.6 Å². The molecule has 10 nitrogen and oxygen atoms in total. The topological polar surface area (TPSA) is 151 Å². The largest absolute Gasteiger partial charge is 0.472 e. The number of phosphoric acid groups is 1. The van der Waals surface area contributed by atoms with Crippen LogP contribution in [0.25, 0.3) is 0 Å². The fourth-order valence-electron chi connectivity index (χ4n) is 6.38. The smallest absolute Gasteiger partial charge is 0.462 e. The SMILES string of the molecule is CCCCCCCCCCCCCCCCCCCCCC(=O)O[C@H](COC(=O)CCCCCCC/C=C\C=C\C(=O)CCCCC)COP(=O)(O)OCCN. The van der Waals surface area contributed by atoms with E-state index in [1.807, 2.05) is 12.2 Å². The maximum absolute atomic E-state index is 12.6. The monoisotopic (exact) mass is 814 g/mol. The molecule has 0 aliphatic heterocycles. The van der Waals surface area contributed by atoms with Crippen LogP contribution in [0.4, 0.5) is 0 Å². The fourth-order valence-corrected chi connectivity index (χ4v) is 7.15. The molecule has 0 aromatic carbocycles. The lowest BCUT2D eigenvalue weighted by atomic mass is 10.0. The molecule has 0 aliphatic carbocycles. The predicted octanol–water partition coefficient (Wildman–Crippen LogP) is 12.3. The van der Waals surface area contributed by atoms with E-state index in [-0.39, 0.29) is 38.4 Å². The first-order valence-electron chi connectivity index (χ1n) is 22.8. The van der Waals surface area contributed by atoms with E-state index in [1.165, 1.54) is 96.3 Å². The third-order valence-corrected chi connectivity index (χ3v) is 10.8. The van der Waals surface area contributed by atoms with Crippen LogP contribution in [0.15, 0.2) is 24.3 Å². The van der Waals surface area contributed by atoms with E-state index >= 15 is 0 Å².